The van der Waals surface area contributed by atoms with Crippen molar-refractivity contribution in [2.24, 2.45) is 0 Å². The van der Waals surface area contributed by atoms with Crippen molar-refractivity contribution in [1.29, 1.82) is 0 Å². The molecule has 0 bridgehead atoms. The van der Waals surface area contributed by atoms with Gasteiger partial charge in [0.1, 0.15) is 7.85 Å². The van der Waals surface area contributed by atoms with Gasteiger partial charge in [-0.2, -0.15) is 0 Å². The number of aldehydes is 1. The van der Waals surface area contributed by atoms with E-state index in [1.807, 2.05) is 0 Å². The zero-order chi connectivity index (χ0) is 7.56. The van der Waals surface area contributed by atoms with Crippen molar-refractivity contribution in [1.82, 2.24) is 0 Å². The van der Waals surface area contributed by atoms with Gasteiger partial charge >= 0.3 is 0 Å². The van der Waals surface area contributed by atoms with Crippen molar-refractivity contribution in [3.8, 4) is 0 Å². The third-order valence-electron chi connectivity index (χ3n) is 1.24. The topological polar surface area (TPSA) is 43.1 Å². The van der Waals surface area contributed by atoms with Crippen LogP contribution in [0.2, 0.25) is 0 Å². The van der Waals surface area contributed by atoms with Gasteiger partial charge in [0, 0.05) is 11.3 Å². The maximum atomic E-state index is 10.2. The minimum Gasteiger partial charge on any atom is -0.398 e. The Morgan fingerprint density at radius 1 is 1.50 bits per heavy atom. The molecule has 1 aromatic rings. The van der Waals surface area contributed by atoms with Crippen molar-refractivity contribution in [2.45, 2.75) is 0 Å². The summed E-state index contributed by atoms with van der Waals surface area (Å²) in [7, 11) is 5.39. The highest BCUT2D eigenvalue weighted by molar-refractivity contribution is 6.32. The molecule has 0 aliphatic rings. The minimum absolute atomic E-state index is 0.444. The lowest BCUT2D eigenvalue weighted by molar-refractivity contribution is 0.112. The Balaban J connectivity index is 3.21. The number of carbonyl (C=O) groups excluding carboxylic acids is 1. The van der Waals surface area contributed by atoms with E-state index >= 15 is 0 Å². The second-order valence-electron chi connectivity index (χ2n) is 2.01. The first-order chi connectivity index (χ1) is 4.74. The molecule has 0 unspecified atom stereocenters. The Morgan fingerprint density at radius 3 is 2.70 bits per heavy atom. The van der Waals surface area contributed by atoms with Gasteiger partial charge in [0.15, 0.2) is 6.29 Å². The van der Waals surface area contributed by atoms with Crippen LogP contribution < -0.4 is 11.2 Å². The summed E-state index contributed by atoms with van der Waals surface area (Å²) in [5, 5.41) is 0. The van der Waals surface area contributed by atoms with Crippen LogP contribution in [-0.2, 0) is 0 Å². The molecule has 0 atom stereocenters. The number of rotatable bonds is 1. The standard InChI is InChI=1S/C7H6BNO/c8-6-1-2-7(9)5(3-6)4-10/h1-4H,9H2. The summed E-state index contributed by atoms with van der Waals surface area (Å²) < 4.78 is 0. The molecular weight excluding hydrogens is 125 g/mol. The Kier molecular flexibility index (Phi) is 1.76. The van der Waals surface area contributed by atoms with Crippen LogP contribution in [0.5, 0.6) is 0 Å². The van der Waals surface area contributed by atoms with Crippen molar-refractivity contribution in [3.05, 3.63) is 23.8 Å². The molecule has 0 saturated carbocycles. The summed E-state index contributed by atoms with van der Waals surface area (Å²) in [4.78, 5) is 10.2. The van der Waals surface area contributed by atoms with E-state index in [9.17, 15) is 4.79 Å². The maximum Gasteiger partial charge on any atom is 0.152 e. The minimum atomic E-state index is 0.444. The van der Waals surface area contributed by atoms with Crippen LogP contribution in [0.15, 0.2) is 18.2 Å². The molecular formula is C7H6BNO. The Bertz CT molecular complexity index is 260. The van der Waals surface area contributed by atoms with Crippen molar-refractivity contribution in [2.75, 3.05) is 5.73 Å². The first kappa shape index (κ1) is 6.87. The lowest BCUT2D eigenvalue weighted by Gasteiger charge is -1.97. The van der Waals surface area contributed by atoms with Crippen LogP contribution >= 0.6 is 0 Å². The largest absolute Gasteiger partial charge is 0.398 e. The normalized spacial score (nSPS) is 9.20. The molecule has 3 heteroatoms. The highest BCUT2D eigenvalue weighted by Gasteiger charge is 1.94. The molecule has 2 nitrogen and oxygen atoms in total. The number of nitrogens with two attached hydrogens (primary N) is 1. The number of hydrogen-bond acceptors (Lipinski definition) is 2. The second kappa shape index (κ2) is 2.56. The molecule has 0 aliphatic heterocycles. The molecule has 1 aromatic carbocycles. The van der Waals surface area contributed by atoms with Crippen LogP contribution in [0.1, 0.15) is 10.4 Å². The van der Waals surface area contributed by atoms with E-state index in [4.69, 9.17) is 13.6 Å². The number of anilines is 1. The number of benzene rings is 1. The fourth-order valence-electron chi connectivity index (χ4n) is 0.695. The zero-order valence-corrected chi connectivity index (χ0v) is 5.37. The predicted octanol–water partition coefficient (Wildman–Crippen LogP) is -0.125. The fourth-order valence-corrected chi connectivity index (χ4v) is 0.695. The lowest BCUT2D eigenvalue weighted by atomic mass is 9.94. The lowest BCUT2D eigenvalue weighted by Crippen LogP contribution is -2.04. The van der Waals surface area contributed by atoms with Crippen LogP contribution in [0.3, 0.4) is 0 Å². The Labute approximate surface area is 60.4 Å². The van der Waals surface area contributed by atoms with Gasteiger partial charge in [-0.25, -0.2) is 0 Å². The average molecular weight is 131 g/mol. The maximum absolute atomic E-state index is 10.2. The molecule has 2 N–H and O–H groups in total. The van der Waals surface area contributed by atoms with Crippen LogP contribution in [0.4, 0.5) is 5.69 Å². The Hall–Kier alpha value is -1.25. The van der Waals surface area contributed by atoms with E-state index in [2.05, 4.69) is 0 Å². The smallest absolute Gasteiger partial charge is 0.152 e. The molecule has 0 amide bonds. The van der Waals surface area contributed by atoms with Gasteiger partial charge in [0.05, 0.1) is 0 Å². The zero-order valence-electron chi connectivity index (χ0n) is 5.37. The van der Waals surface area contributed by atoms with Gasteiger partial charge in [-0.05, 0) is 6.07 Å². The molecule has 1 rings (SSSR count). The molecule has 2 radical (unpaired) electrons. The van der Waals surface area contributed by atoms with E-state index in [1.165, 1.54) is 0 Å². The van der Waals surface area contributed by atoms with E-state index in [1.54, 1.807) is 18.2 Å². The summed E-state index contributed by atoms with van der Waals surface area (Å²) in [6.07, 6.45) is 0.686. The molecule has 0 saturated heterocycles. The van der Waals surface area contributed by atoms with Gasteiger partial charge in [-0.1, -0.05) is 17.6 Å². The van der Waals surface area contributed by atoms with Crippen molar-refractivity contribution < 1.29 is 4.79 Å². The van der Waals surface area contributed by atoms with E-state index in [-0.39, 0.29) is 0 Å². The number of carbonyl (C=O) groups is 1. The highest BCUT2D eigenvalue weighted by atomic mass is 16.1. The van der Waals surface area contributed by atoms with Gasteiger partial charge in [-0.15, -0.1) is 0 Å². The van der Waals surface area contributed by atoms with E-state index in [0.717, 1.165) is 0 Å². The van der Waals surface area contributed by atoms with Crippen molar-refractivity contribution in [3.63, 3.8) is 0 Å². The molecule has 0 aromatic heterocycles. The summed E-state index contributed by atoms with van der Waals surface area (Å²) in [6.45, 7) is 0. The SMILES string of the molecule is [B]c1ccc(N)c(C=O)c1. The monoisotopic (exact) mass is 131 g/mol. The van der Waals surface area contributed by atoms with E-state index in [0.29, 0.717) is 23.0 Å². The van der Waals surface area contributed by atoms with E-state index < -0.39 is 0 Å². The molecule has 0 heterocycles. The first-order valence-electron chi connectivity index (χ1n) is 2.84. The fraction of sp³-hybridized carbons (Fsp3) is 0. The van der Waals surface area contributed by atoms with Crippen molar-refractivity contribution >= 4 is 25.3 Å². The first-order valence-corrected chi connectivity index (χ1v) is 2.84. The second-order valence-corrected chi connectivity index (χ2v) is 2.01. The Morgan fingerprint density at radius 2 is 2.20 bits per heavy atom. The molecule has 0 aliphatic carbocycles. The third kappa shape index (κ3) is 1.18. The summed E-state index contributed by atoms with van der Waals surface area (Å²) in [5.74, 6) is 0. The molecule has 0 spiro atoms. The molecule has 0 fully saturated rings. The van der Waals surface area contributed by atoms with Gasteiger partial charge < -0.3 is 5.73 Å². The highest BCUT2D eigenvalue weighted by Crippen LogP contribution is 2.04. The third-order valence-corrected chi connectivity index (χ3v) is 1.24. The van der Waals surface area contributed by atoms with Gasteiger partial charge in [0.2, 0.25) is 0 Å². The van der Waals surface area contributed by atoms with Crippen LogP contribution in [0.25, 0.3) is 0 Å². The molecule has 48 valence electrons. The van der Waals surface area contributed by atoms with Gasteiger partial charge in [-0.3, -0.25) is 4.79 Å². The number of hydrogen-bond donors (Lipinski definition) is 1. The summed E-state index contributed by atoms with van der Waals surface area (Å²) >= 11 is 0. The van der Waals surface area contributed by atoms with Crippen LogP contribution in [0, 0.1) is 0 Å². The molecule has 10 heavy (non-hydrogen) atoms. The average Bonchev–Trinajstić information content (AvgIpc) is 1.94. The van der Waals surface area contributed by atoms with Crippen LogP contribution in [-0.4, -0.2) is 14.1 Å². The van der Waals surface area contributed by atoms with Gasteiger partial charge in [0.25, 0.3) is 0 Å². The summed E-state index contributed by atoms with van der Waals surface area (Å²) in [6, 6.07) is 4.81. The number of nitrogen functional groups attached to an aromatic ring is 1. The summed E-state index contributed by atoms with van der Waals surface area (Å²) in [5.41, 5.74) is 6.87. The quantitative estimate of drug-likeness (QED) is 0.328. The predicted molar refractivity (Wildman–Crippen MR) is 41.6 cm³/mol.